The van der Waals surface area contributed by atoms with Gasteiger partial charge in [0.05, 0.1) is 5.71 Å². The highest BCUT2D eigenvalue weighted by atomic mass is 79.9. The second kappa shape index (κ2) is 1.81. The van der Waals surface area contributed by atoms with Crippen molar-refractivity contribution in [1.29, 1.82) is 0 Å². The van der Waals surface area contributed by atoms with E-state index in [1.807, 2.05) is 0 Å². The number of hydrogen-bond acceptors (Lipinski definition) is 2. The summed E-state index contributed by atoms with van der Waals surface area (Å²) in [5.41, 5.74) is 1.20. The van der Waals surface area contributed by atoms with Crippen molar-refractivity contribution in [3.63, 3.8) is 0 Å². The summed E-state index contributed by atoms with van der Waals surface area (Å²) in [5.74, 6) is 6.84. The molecule has 0 aromatic heterocycles. The lowest BCUT2D eigenvalue weighted by atomic mass is 9.71. The van der Waals surface area contributed by atoms with Crippen molar-refractivity contribution in [1.82, 2.24) is 0 Å². The summed E-state index contributed by atoms with van der Waals surface area (Å²) >= 11 is 3.91. The normalized spacial score (nSPS) is 77.8. The summed E-state index contributed by atoms with van der Waals surface area (Å²) in [6, 6.07) is 0. The maximum Gasteiger partial charge on any atom is 0.0644 e. The fourth-order valence-electron chi connectivity index (χ4n) is 6.36. The smallest absolute Gasteiger partial charge is 0.0644 e. The summed E-state index contributed by atoms with van der Waals surface area (Å²) in [6.07, 6.45) is 1.44. The van der Waals surface area contributed by atoms with Gasteiger partial charge in [0.2, 0.25) is 0 Å². The van der Waals surface area contributed by atoms with Crippen molar-refractivity contribution in [2.24, 2.45) is 52.5 Å². The monoisotopic (exact) mass is 253 g/mol. The topological polar surface area (TPSA) is 32.6 Å². The SMILES string of the molecule is O/N=C1\[C@H]2[C@H]3[C@H]4C[C@@H]5[C@H]3[C@H](Br)[C@@H]2[C@@H]5[C@@H]14. The number of halogens is 1. The molecule has 0 heterocycles. The van der Waals surface area contributed by atoms with Crippen molar-refractivity contribution in [3.8, 4) is 0 Å². The Morgan fingerprint density at radius 2 is 1.86 bits per heavy atom. The molecule has 6 aliphatic carbocycles. The van der Waals surface area contributed by atoms with Crippen LogP contribution < -0.4 is 0 Å². The zero-order valence-electron chi connectivity index (χ0n) is 7.68. The van der Waals surface area contributed by atoms with Crippen LogP contribution in [0.5, 0.6) is 0 Å². The maximum atomic E-state index is 9.14. The van der Waals surface area contributed by atoms with E-state index in [1.54, 1.807) is 0 Å². The van der Waals surface area contributed by atoms with E-state index in [0.29, 0.717) is 11.8 Å². The quantitative estimate of drug-likeness (QED) is 0.400. The van der Waals surface area contributed by atoms with Crippen LogP contribution in [0.3, 0.4) is 0 Å². The molecule has 0 saturated heterocycles. The average molecular weight is 254 g/mol. The lowest BCUT2D eigenvalue weighted by Crippen LogP contribution is -2.30. The Labute approximate surface area is 90.9 Å². The Bertz CT molecular complexity index is 379. The van der Waals surface area contributed by atoms with Crippen LogP contribution >= 0.6 is 15.9 Å². The van der Waals surface area contributed by atoms with Gasteiger partial charge >= 0.3 is 0 Å². The lowest BCUT2D eigenvalue weighted by molar-refractivity contribution is 0.132. The van der Waals surface area contributed by atoms with Crippen LogP contribution in [0.2, 0.25) is 0 Å². The van der Waals surface area contributed by atoms with Gasteiger partial charge in [0.25, 0.3) is 0 Å². The number of rotatable bonds is 0. The highest BCUT2D eigenvalue weighted by Gasteiger charge is 2.82. The second-order valence-electron chi connectivity index (χ2n) is 5.89. The van der Waals surface area contributed by atoms with Crippen LogP contribution in [0.25, 0.3) is 0 Å². The molecule has 6 rings (SSSR count). The maximum absolute atomic E-state index is 9.14. The molecule has 74 valence electrons. The minimum Gasteiger partial charge on any atom is -0.411 e. The van der Waals surface area contributed by atoms with Crippen molar-refractivity contribution in [2.45, 2.75) is 11.2 Å². The second-order valence-corrected chi connectivity index (χ2v) is 6.95. The molecule has 0 radical (unpaired) electrons. The Morgan fingerprint density at radius 3 is 2.57 bits per heavy atom. The third-order valence-corrected chi connectivity index (χ3v) is 7.38. The minimum atomic E-state index is 0.674. The third kappa shape index (κ3) is 0.427. The van der Waals surface area contributed by atoms with Crippen LogP contribution in [-0.4, -0.2) is 15.7 Å². The zero-order valence-corrected chi connectivity index (χ0v) is 9.26. The molecule has 0 aliphatic heterocycles. The molecule has 2 nitrogen and oxygen atoms in total. The van der Waals surface area contributed by atoms with Gasteiger partial charge < -0.3 is 5.21 Å². The summed E-state index contributed by atoms with van der Waals surface area (Å²) in [4.78, 5) is 0.752. The Hall–Kier alpha value is -0.0500. The fourth-order valence-corrected chi connectivity index (χ4v) is 7.79. The van der Waals surface area contributed by atoms with Gasteiger partial charge in [-0.1, -0.05) is 21.1 Å². The van der Waals surface area contributed by atoms with Crippen LogP contribution in [0.1, 0.15) is 6.42 Å². The molecule has 0 spiro atoms. The molecule has 14 heavy (non-hydrogen) atoms. The predicted octanol–water partition coefficient (Wildman–Crippen LogP) is 1.97. The summed E-state index contributed by atoms with van der Waals surface area (Å²) < 4.78 is 0. The number of alkyl halides is 1. The molecular formula is C11H12BrNO. The van der Waals surface area contributed by atoms with Crippen molar-refractivity contribution in [2.75, 3.05) is 0 Å². The van der Waals surface area contributed by atoms with E-state index in [4.69, 9.17) is 5.21 Å². The number of hydrogen-bond donors (Lipinski definition) is 1. The predicted molar refractivity (Wildman–Crippen MR) is 54.5 cm³/mol. The Balaban J connectivity index is 1.85. The molecule has 6 fully saturated rings. The first-order valence-electron chi connectivity index (χ1n) is 5.70. The zero-order chi connectivity index (χ0) is 9.19. The van der Waals surface area contributed by atoms with E-state index in [1.165, 1.54) is 12.1 Å². The molecule has 0 aromatic rings. The van der Waals surface area contributed by atoms with Gasteiger partial charge in [-0.25, -0.2) is 0 Å². The van der Waals surface area contributed by atoms with E-state index in [-0.39, 0.29) is 0 Å². The molecule has 6 aliphatic rings. The van der Waals surface area contributed by atoms with Crippen molar-refractivity contribution < 1.29 is 5.21 Å². The highest BCUT2D eigenvalue weighted by molar-refractivity contribution is 9.09. The molecule has 1 N–H and O–H groups in total. The molecular weight excluding hydrogens is 242 g/mol. The van der Waals surface area contributed by atoms with E-state index >= 15 is 0 Å². The van der Waals surface area contributed by atoms with E-state index in [2.05, 4.69) is 21.1 Å². The van der Waals surface area contributed by atoms with E-state index in [9.17, 15) is 0 Å². The summed E-state index contributed by atoms with van der Waals surface area (Å²) in [7, 11) is 0. The van der Waals surface area contributed by atoms with Gasteiger partial charge in [-0.15, -0.1) is 0 Å². The first kappa shape index (κ1) is 7.26. The third-order valence-electron chi connectivity index (χ3n) is 6.16. The van der Waals surface area contributed by atoms with Crippen molar-refractivity contribution in [3.05, 3.63) is 0 Å². The number of oxime groups is 1. The van der Waals surface area contributed by atoms with Crippen LogP contribution in [-0.2, 0) is 0 Å². The van der Waals surface area contributed by atoms with Gasteiger partial charge in [-0.2, -0.15) is 0 Å². The molecule has 0 aromatic carbocycles. The van der Waals surface area contributed by atoms with Crippen molar-refractivity contribution >= 4 is 21.6 Å². The average Bonchev–Trinajstić information content (AvgIpc) is 2.85. The van der Waals surface area contributed by atoms with Gasteiger partial charge in [-0.05, 0) is 41.9 Å². The summed E-state index contributed by atoms with van der Waals surface area (Å²) in [6.45, 7) is 0. The van der Waals surface area contributed by atoms with E-state index < -0.39 is 0 Å². The molecule has 0 amide bonds. The van der Waals surface area contributed by atoms with Gasteiger partial charge in [0, 0.05) is 16.7 Å². The van der Waals surface area contributed by atoms with Gasteiger partial charge in [0.1, 0.15) is 0 Å². The first-order valence-corrected chi connectivity index (χ1v) is 6.62. The molecule has 6 saturated carbocycles. The molecule has 0 unspecified atom stereocenters. The largest absolute Gasteiger partial charge is 0.411 e. The summed E-state index contributed by atoms with van der Waals surface area (Å²) in [5, 5.41) is 12.8. The Morgan fingerprint density at radius 1 is 1.07 bits per heavy atom. The Kier molecular flexibility index (Phi) is 0.940. The van der Waals surface area contributed by atoms with Gasteiger partial charge in [-0.3, -0.25) is 0 Å². The van der Waals surface area contributed by atoms with E-state index in [0.717, 1.165) is 40.3 Å². The standard InChI is InChI=1S/C11H12BrNO/c12-10-6-2-1-3-4(6)9-8(10)5(2)7(3)11(9)13-14/h2-10,14H,1H2/b13-11-/t2-,3+,4-,5-,6+,7-,8+,9-,10-/m0/s1. The molecule has 6 bridgehead atoms. The first-order chi connectivity index (χ1) is 6.84. The molecule has 9 atom stereocenters. The van der Waals surface area contributed by atoms with Gasteiger partial charge in [0.15, 0.2) is 0 Å². The number of nitrogens with zero attached hydrogens (tertiary/aromatic N) is 1. The minimum absolute atomic E-state index is 0.674. The van der Waals surface area contributed by atoms with Crippen LogP contribution in [0.4, 0.5) is 0 Å². The highest BCUT2D eigenvalue weighted by Crippen LogP contribution is 2.82. The van der Waals surface area contributed by atoms with Crippen LogP contribution in [0, 0.1) is 47.3 Å². The van der Waals surface area contributed by atoms with Crippen LogP contribution in [0.15, 0.2) is 5.16 Å². The lowest BCUT2D eigenvalue weighted by Gasteiger charge is -2.32. The molecule has 3 heteroatoms. The fraction of sp³-hybridized carbons (Fsp3) is 0.909.